The summed E-state index contributed by atoms with van der Waals surface area (Å²) in [5, 5.41) is 9.64. The fourth-order valence-corrected chi connectivity index (χ4v) is 9.86. The summed E-state index contributed by atoms with van der Waals surface area (Å²) >= 11 is 1.80. The van der Waals surface area contributed by atoms with Crippen molar-refractivity contribution in [1.29, 1.82) is 0 Å². The molecular formula is C49H29N5S. The second-order valence-corrected chi connectivity index (χ2v) is 15.0. The van der Waals surface area contributed by atoms with Crippen LogP contribution in [0.15, 0.2) is 176 Å². The molecule has 0 aliphatic carbocycles. The first-order chi connectivity index (χ1) is 27.3. The Kier molecular flexibility index (Phi) is 6.44. The Labute approximate surface area is 319 Å². The molecule has 0 saturated carbocycles. The lowest BCUT2D eigenvalue weighted by Crippen LogP contribution is -2.06. The van der Waals surface area contributed by atoms with Crippen LogP contribution in [0.4, 0.5) is 0 Å². The predicted octanol–water partition coefficient (Wildman–Crippen LogP) is 12.9. The highest BCUT2D eigenvalue weighted by Gasteiger charge is 2.24. The summed E-state index contributed by atoms with van der Waals surface area (Å²) in [5.41, 5.74) is 7.50. The first kappa shape index (κ1) is 30.3. The largest absolute Gasteiger partial charge is 0.309 e. The molecule has 0 saturated heterocycles. The van der Waals surface area contributed by atoms with E-state index in [1.165, 1.54) is 47.2 Å². The van der Waals surface area contributed by atoms with Gasteiger partial charge in [0.1, 0.15) is 0 Å². The molecule has 4 heterocycles. The van der Waals surface area contributed by atoms with Gasteiger partial charge >= 0.3 is 0 Å². The van der Waals surface area contributed by atoms with Crippen LogP contribution in [-0.2, 0) is 0 Å². The van der Waals surface area contributed by atoms with Crippen LogP contribution in [0.25, 0.3) is 109 Å². The maximum Gasteiger partial charge on any atom is 0.238 e. The first-order valence-electron chi connectivity index (χ1n) is 18.5. The summed E-state index contributed by atoms with van der Waals surface area (Å²) in [7, 11) is 0. The number of aromatic nitrogens is 5. The Morgan fingerprint density at radius 1 is 0.400 bits per heavy atom. The minimum Gasteiger partial charge on any atom is -0.309 e. The smallest absolute Gasteiger partial charge is 0.238 e. The maximum atomic E-state index is 5.44. The summed E-state index contributed by atoms with van der Waals surface area (Å²) in [6.07, 6.45) is 0. The lowest BCUT2D eigenvalue weighted by molar-refractivity contribution is 0.955. The van der Waals surface area contributed by atoms with Crippen molar-refractivity contribution in [2.75, 3.05) is 0 Å². The number of benzene rings is 8. The lowest BCUT2D eigenvalue weighted by atomic mass is 10.00. The molecule has 0 aliphatic heterocycles. The van der Waals surface area contributed by atoms with E-state index in [9.17, 15) is 0 Å². The van der Waals surface area contributed by atoms with Gasteiger partial charge in [0.05, 0.1) is 22.1 Å². The monoisotopic (exact) mass is 719 g/mol. The Hall–Kier alpha value is -7.15. The van der Waals surface area contributed by atoms with Crippen molar-refractivity contribution in [2.24, 2.45) is 0 Å². The van der Waals surface area contributed by atoms with E-state index in [0.29, 0.717) is 17.6 Å². The second kappa shape index (κ2) is 11.7. The van der Waals surface area contributed by atoms with Crippen LogP contribution in [0, 0.1) is 0 Å². The van der Waals surface area contributed by atoms with Crippen LogP contribution in [0.5, 0.6) is 0 Å². The molecule has 5 nitrogen and oxygen atoms in total. The van der Waals surface area contributed by atoms with Gasteiger partial charge < -0.3 is 4.57 Å². The molecule has 0 atom stereocenters. The van der Waals surface area contributed by atoms with Gasteiger partial charge in [-0.1, -0.05) is 127 Å². The second-order valence-electron chi connectivity index (χ2n) is 14.0. The minimum atomic E-state index is 0.587. The van der Waals surface area contributed by atoms with Gasteiger partial charge in [0, 0.05) is 58.5 Å². The summed E-state index contributed by atoms with van der Waals surface area (Å²) < 4.78 is 7.03. The summed E-state index contributed by atoms with van der Waals surface area (Å²) in [6, 6.07) is 62.3. The highest BCUT2D eigenvalue weighted by Crippen LogP contribution is 2.45. The standard InChI is InChI=1S/C49H29N5S/c1-3-15-30(16-4-1)47-50-48(37-29-31-17-7-8-20-33(31)43-36-23-11-14-26-42(36)55-46(37)43)52-49(51-47)54-39-25-13-10-22-35(39)45-41(54)28-27-40-44(45)34-21-9-12-24-38(34)53(40)32-18-5-2-6-19-32/h1-29H. The van der Waals surface area contributed by atoms with Crippen LogP contribution in [0.1, 0.15) is 0 Å². The van der Waals surface area contributed by atoms with E-state index in [1.807, 2.05) is 18.2 Å². The van der Waals surface area contributed by atoms with Crippen molar-refractivity contribution in [3.05, 3.63) is 176 Å². The van der Waals surface area contributed by atoms with E-state index in [1.54, 1.807) is 11.3 Å². The number of hydrogen-bond donors (Lipinski definition) is 0. The van der Waals surface area contributed by atoms with Gasteiger partial charge in [-0.25, -0.2) is 4.98 Å². The Morgan fingerprint density at radius 2 is 0.964 bits per heavy atom. The Balaban J connectivity index is 1.20. The van der Waals surface area contributed by atoms with Gasteiger partial charge in [-0.15, -0.1) is 11.3 Å². The molecule has 0 N–H and O–H groups in total. The number of nitrogens with zero attached hydrogens (tertiary/aromatic N) is 5. The minimum absolute atomic E-state index is 0.587. The number of para-hydroxylation sites is 3. The molecule has 8 aromatic carbocycles. The third-order valence-corrected chi connectivity index (χ3v) is 12.2. The Morgan fingerprint density at radius 3 is 1.71 bits per heavy atom. The quantitative estimate of drug-likeness (QED) is 0.182. The topological polar surface area (TPSA) is 48.5 Å². The van der Waals surface area contributed by atoms with E-state index in [4.69, 9.17) is 15.0 Å². The summed E-state index contributed by atoms with van der Waals surface area (Å²) in [4.78, 5) is 16.0. The van der Waals surface area contributed by atoms with Crippen molar-refractivity contribution < 1.29 is 0 Å². The SMILES string of the molecule is c1ccc(-c2nc(-c3cc4ccccc4c4c3sc3ccccc34)nc(-n3c4ccccc4c4c5c6ccccc6n(-c6ccccc6)c5ccc43)n2)cc1. The molecule has 0 unspecified atom stereocenters. The average molecular weight is 720 g/mol. The average Bonchev–Trinajstić information content (AvgIpc) is 3.92. The van der Waals surface area contributed by atoms with Crippen LogP contribution in [0.3, 0.4) is 0 Å². The molecule has 55 heavy (non-hydrogen) atoms. The number of hydrogen-bond acceptors (Lipinski definition) is 4. The van der Waals surface area contributed by atoms with E-state index in [0.717, 1.165) is 44.1 Å². The Bertz CT molecular complexity index is 3490. The predicted molar refractivity (Wildman–Crippen MR) is 230 cm³/mol. The highest BCUT2D eigenvalue weighted by atomic mass is 32.1. The third kappa shape index (κ3) is 4.43. The maximum absolute atomic E-state index is 5.44. The molecule has 6 heteroatoms. The van der Waals surface area contributed by atoms with Crippen molar-refractivity contribution in [2.45, 2.75) is 0 Å². The molecule has 0 fully saturated rings. The fraction of sp³-hybridized carbons (Fsp3) is 0. The van der Waals surface area contributed by atoms with Crippen molar-refractivity contribution >= 4 is 85.9 Å². The molecular weight excluding hydrogens is 691 g/mol. The normalized spacial score (nSPS) is 12.0. The molecule has 0 bridgehead atoms. The molecule has 0 spiro atoms. The van der Waals surface area contributed by atoms with Gasteiger partial charge in [0.15, 0.2) is 11.6 Å². The summed E-state index contributed by atoms with van der Waals surface area (Å²) in [5.74, 6) is 1.87. The molecule has 256 valence electrons. The summed E-state index contributed by atoms with van der Waals surface area (Å²) in [6.45, 7) is 0. The molecule has 12 aromatic rings. The van der Waals surface area contributed by atoms with Gasteiger partial charge in [-0.05, 0) is 59.3 Å². The van der Waals surface area contributed by atoms with E-state index < -0.39 is 0 Å². The van der Waals surface area contributed by atoms with Crippen LogP contribution in [0.2, 0.25) is 0 Å². The third-order valence-electron chi connectivity index (χ3n) is 11.0. The zero-order valence-electron chi connectivity index (χ0n) is 29.4. The molecule has 0 aliphatic rings. The highest BCUT2D eigenvalue weighted by molar-refractivity contribution is 7.26. The van der Waals surface area contributed by atoms with Crippen LogP contribution in [-0.4, -0.2) is 24.1 Å². The molecule has 4 aromatic heterocycles. The van der Waals surface area contributed by atoms with Crippen LogP contribution < -0.4 is 0 Å². The fourth-order valence-electron chi connectivity index (χ4n) is 8.63. The number of fused-ring (bicyclic) bond motifs is 12. The van der Waals surface area contributed by atoms with Gasteiger partial charge in [0.2, 0.25) is 5.95 Å². The molecule has 0 amide bonds. The van der Waals surface area contributed by atoms with Gasteiger partial charge in [-0.2, -0.15) is 9.97 Å². The van der Waals surface area contributed by atoms with Crippen molar-refractivity contribution in [3.63, 3.8) is 0 Å². The van der Waals surface area contributed by atoms with Crippen LogP contribution >= 0.6 is 11.3 Å². The number of rotatable bonds is 4. The van der Waals surface area contributed by atoms with E-state index >= 15 is 0 Å². The molecule has 12 rings (SSSR count). The van der Waals surface area contributed by atoms with Gasteiger partial charge in [-0.3, -0.25) is 4.57 Å². The zero-order valence-corrected chi connectivity index (χ0v) is 30.2. The van der Waals surface area contributed by atoms with E-state index in [-0.39, 0.29) is 0 Å². The first-order valence-corrected chi connectivity index (χ1v) is 19.3. The van der Waals surface area contributed by atoms with E-state index in [2.05, 4.69) is 167 Å². The lowest BCUT2D eigenvalue weighted by Gasteiger charge is -2.12. The molecule has 0 radical (unpaired) electrons. The number of thiophene rings is 1. The van der Waals surface area contributed by atoms with Crippen molar-refractivity contribution in [1.82, 2.24) is 24.1 Å². The zero-order chi connectivity index (χ0) is 36.0. The van der Waals surface area contributed by atoms with Crippen molar-refractivity contribution in [3.8, 4) is 34.4 Å². The van der Waals surface area contributed by atoms with Gasteiger partial charge in [0.25, 0.3) is 0 Å².